The van der Waals surface area contributed by atoms with Crippen LogP contribution in [0.15, 0.2) is 36.9 Å². The zero-order chi connectivity index (χ0) is 12.3. The van der Waals surface area contributed by atoms with Crippen molar-refractivity contribution in [2.75, 3.05) is 0 Å². The van der Waals surface area contributed by atoms with Crippen molar-refractivity contribution in [1.29, 1.82) is 0 Å². The summed E-state index contributed by atoms with van der Waals surface area (Å²) < 4.78 is 5.39. The van der Waals surface area contributed by atoms with Crippen molar-refractivity contribution in [3.63, 3.8) is 0 Å². The Bertz CT molecular complexity index is 560. The third-order valence-electron chi connectivity index (χ3n) is 1.97. The first-order valence-electron chi connectivity index (χ1n) is 4.63. The minimum Gasteiger partial charge on any atom is -0.478 e. The first-order chi connectivity index (χ1) is 8.18. The van der Waals surface area contributed by atoms with Gasteiger partial charge in [-0.05, 0) is 6.07 Å². The van der Waals surface area contributed by atoms with Crippen LogP contribution in [0.1, 0.15) is 10.4 Å². The number of nitrogens with zero attached hydrogens (tertiary/aromatic N) is 2. The quantitative estimate of drug-likeness (QED) is 0.907. The lowest BCUT2D eigenvalue weighted by molar-refractivity contribution is 0.0694. The van der Waals surface area contributed by atoms with Gasteiger partial charge in [0, 0.05) is 24.7 Å². The van der Waals surface area contributed by atoms with Gasteiger partial charge in [-0.25, -0.2) is 4.79 Å². The SMILES string of the molecule is O=C(O)c1ccncc1Oc1ccncc1Cl. The highest BCUT2D eigenvalue weighted by molar-refractivity contribution is 6.31. The topological polar surface area (TPSA) is 72.3 Å². The summed E-state index contributed by atoms with van der Waals surface area (Å²) in [5.74, 6) is -0.627. The van der Waals surface area contributed by atoms with Crippen LogP contribution >= 0.6 is 11.6 Å². The minimum absolute atomic E-state index is 0.0212. The summed E-state index contributed by atoms with van der Waals surface area (Å²) in [7, 11) is 0. The van der Waals surface area contributed by atoms with Crippen LogP contribution in [0.5, 0.6) is 11.5 Å². The van der Waals surface area contributed by atoms with Gasteiger partial charge in [-0.1, -0.05) is 11.6 Å². The molecule has 0 aliphatic carbocycles. The molecule has 0 bridgehead atoms. The van der Waals surface area contributed by atoms with Gasteiger partial charge in [-0.15, -0.1) is 0 Å². The highest BCUT2D eigenvalue weighted by atomic mass is 35.5. The number of hydrogen-bond donors (Lipinski definition) is 1. The number of hydrogen-bond acceptors (Lipinski definition) is 4. The van der Waals surface area contributed by atoms with Crippen LogP contribution in [-0.4, -0.2) is 21.0 Å². The van der Waals surface area contributed by atoms with Crippen LogP contribution < -0.4 is 4.74 Å². The van der Waals surface area contributed by atoms with E-state index in [1.165, 1.54) is 30.9 Å². The van der Waals surface area contributed by atoms with E-state index in [1.807, 2.05) is 0 Å². The molecule has 0 aliphatic heterocycles. The predicted molar refractivity (Wildman–Crippen MR) is 60.5 cm³/mol. The largest absolute Gasteiger partial charge is 0.478 e. The molecule has 2 aromatic rings. The van der Waals surface area contributed by atoms with Crippen molar-refractivity contribution < 1.29 is 14.6 Å². The number of aromatic carboxylic acids is 1. The summed E-state index contributed by atoms with van der Waals surface area (Å²) >= 11 is 5.85. The predicted octanol–water partition coefficient (Wildman–Crippen LogP) is 2.62. The Labute approximate surface area is 102 Å². The number of carboxylic acids is 1. The van der Waals surface area contributed by atoms with Crippen LogP contribution in [0.2, 0.25) is 5.02 Å². The number of carboxylic acid groups (broad SMARTS) is 1. The summed E-state index contributed by atoms with van der Waals surface area (Å²) in [4.78, 5) is 18.6. The molecule has 0 amide bonds. The van der Waals surface area contributed by atoms with Crippen LogP contribution in [0.4, 0.5) is 0 Å². The smallest absolute Gasteiger partial charge is 0.339 e. The fourth-order valence-corrected chi connectivity index (χ4v) is 1.36. The molecule has 1 N–H and O–H groups in total. The van der Waals surface area contributed by atoms with Gasteiger partial charge in [0.1, 0.15) is 16.3 Å². The first-order valence-corrected chi connectivity index (χ1v) is 5.01. The van der Waals surface area contributed by atoms with Crippen molar-refractivity contribution in [3.8, 4) is 11.5 Å². The summed E-state index contributed by atoms with van der Waals surface area (Å²) in [6.07, 6.45) is 5.61. The molecule has 2 aromatic heterocycles. The molecule has 0 aliphatic rings. The molecule has 0 atom stereocenters. The Kier molecular flexibility index (Phi) is 3.20. The summed E-state index contributed by atoms with van der Waals surface area (Å²) in [5.41, 5.74) is 0.0212. The lowest BCUT2D eigenvalue weighted by Crippen LogP contribution is -2.00. The Hall–Kier alpha value is -2.14. The average molecular weight is 251 g/mol. The number of aromatic nitrogens is 2. The summed E-state index contributed by atoms with van der Waals surface area (Å²) in [6, 6.07) is 2.90. The third kappa shape index (κ3) is 2.51. The third-order valence-corrected chi connectivity index (χ3v) is 2.25. The summed E-state index contributed by atoms with van der Waals surface area (Å²) in [6.45, 7) is 0. The Morgan fingerprint density at radius 3 is 2.59 bits per heavy atom. The van der Waals surface area contributed by atoms with Crippen molar-refractivity contribution in [1.82, 2.24) is 9.97 Å². The number of ether oxygens (including phenoxy) is 1. The van der Waals surface area contributed by atoms with E-state index in [0.29, 0.717) is 10.8 Å². The molecule has 6 heteroatoms. The van der Waals surface area contributed by atoms with Gasteiger partial charge in [-0.3, -0.25) is 9.97 Å². The van der Waals surface area contributed by atoms with Crippen LogP contribution in [-0.2, 0) is 0 Å². The minimum atomic E-state index is -1.09. The van der Waals surface area contributed by atoms with Gasteiger partial charge < -0.3 is 9.84 Å². The zero-order valence-corrected chi connectivity index (χ0v) is 9.26. The average Bonchev–Trinajstić information content (AvgIpc) is 2.32. The first kappa shape index (κ1) is 11.3. The Balaban J connectivity index is 2.37. The maximum absolute atomic E-state index is 10.9. The highest BCUT2D eigenvalue weighted by Gasteiger charge is 2.12. The van der Waals surface area contributed by atoms with Gasteiger partial charge in [0.15, 0.2) is 5.75 Å². The molecule has 86 valence electrons. The Morgan fingerprint density at radius 2 is 1.88 bits per heavy atom. The second-order valence-corrected chi connectivity index (χ2v) is 3.49. The lowest BCUT2D eigenvalue weighted by atomic mass is 10.2. The molecule has 17 heavy (non-hydrogen) atoms. The monoisotopic (exact) mass is 250 g/mol. The van der Waals surface area contributed by atoms with Gasteiger partial charge in [0.05, 0.1) is 6.20 Å². The van der Waals surface area contributed by atoms with E-state index < -0.39 is 5.97 Å². The zero-order valence-electron chi connectivity index (χ0n) is 8.50. The van der Waals surface area contributed by atoms with E-state index in [2.05, 4.69) is 9.97 Å². The van der Waals surface area contributed by atoms with E-state index >= 15 is 0 Å². The van der Waals surface area contributed by atoms with Gasteiger partial charge in [-0.2, -0.15) is 0 Å². The van der Waals surface area contributed by atoms with Crippen LogP contribution in [0.25, 0.3) is 0 Å². The molecule has 2 rings (SSSR count). The lowest BCUT2D eigenvalue weighted by Gasteiger charge is -2.08. The second kappa shape index (κ2) is 4.80. The normalized spacial score (nSPS) is 9.94. The van der Waals surface area contributed by atoms with Crippen molar-refractivity contribution in [2.45, 2.75) is 0 Å². The van der Waals surface area contributed by atoms with Crippen molar-refractivity contribution >= 4 is 17.6 Å². The van der Waals surface area contributed by atoms with Gasteiger partial charge in [0.2, 0.25) is 0 Å². The number of carbonyl (C=O) groups is 1. The van der Waals surface area contributed by atoms with Crippen molar-refractivity contribution in [3.05, 3.63) is 47.5 Å². The van der Waals surface area contributed by atoms with E-state index in [-0.39, 0.29) is 11.3 Å². The fraction of sp³-hybridized carbons (Fsp3) is 0. The highest BCUT2D eigenvalue weighted by Crippen LogP contribution is 2.29. The molecule has 0 aromatic carbocycles. The van der Waals surface area contributed by atoms with E-state index in [1.54, 1.807) is 6.07 Å². The van der Waals surface area contributed by atoms with Gasteiger partial charge >= 0.3 is 5.97 Å². The molecular formula is C11H7ClN2O3. The molecule has 0 radical (unpaired) electrons. The standard InChI is InChI=1S/C11H7ClN2O3/c12-8-5-13-4-2-9(8)17-10-6-14-3-1-7(10)11(15)16/h1-6H,(H,15,16). The van der Waals surface area contributed by atoms with E-state index in [4.69, 9.17) is 21.4 Å². The van der Waals surface area contributed by atoms with Gasteiger partial charge in [0.25, 0.3) is 0 Å². The van der Waals surface area contributed by atoms with Crippen molar-refractivity contribution in [2.24, 2.45) is 0 Å². The molecule has 0 unspecified atom stereocenters. The Morgan fingerprint density at radius 1 is 1.18 bits per heavy atom. The molecule has 0 saturated carbocycles. The van der Waals surface area contributed by atoms with E-state index in [0.717, 1.165) is 0 Å². The number of halogens is 1. The molecule has 5 nitrogen and oxygen atoms in total. The van der Waals surface area contributed by atoms with Crippen LogP contribution in [0.3, 0.4) is 0 Å². The molecule has 2 heterocycles. The molecule has 0 saturated heterocycles. The van der Waals surface area contributed by atoms with E-state index in [9.17, 15) is 4.79 Å². The number of rotatable bonds is 3. The molecular weight excluding hydrogens is 244 g/mol. The molecule has 0 spiro atoms. The number of pyridine rings is 2. The van der Waals surface area contributed by atoms with Crippen LogP contribution in [0, 0.1) is 0 Å². The maximum atomic E-state index is 10.9. The second-order valence-electron chi connectivity index (χ2n) is 3.09. The maximum Gasteiger partial charge on any atom is 0.339 e. The molecule has 0 fully saturated rings. The summed E-state index contributed by atoms with van der Waals surface area (Å²) in [5, 5.41) is 9.26. The fourth-order valence-electron chi connectivity index (χ4n) is 1.20.